The molecule has 14 atom stereocenters. The lowest BCUT2D eigenvalue weighted by Gasteiger charge is -2.64. The summed E-state index contributed by atoms with van der Waals surface area (Å²) in [5, 5.41) is 50.6. The number of alkyl carbamates (subject to hydrolysis) is 3. The predicted octanol–water partition coefficient (Wildman–Crippen LogP) is 14.1. The summed E-state index contributed by atoms with van der Waals surface area (Å²) >= 11 is 0. The van der Waals surface area contributed by atoms with E-state index in [-0.39, 0.29) is 105 Å². The number of rotatable bonds is 24. The summed E-state index contributed by atoms with van der Waals surface area (Å²) in [4.78, 5) is 101. The highest BCUT2D eigenvalue weighted by Gasteiger charge is 2.71. The van der Waals surface area contributed by atoms with Gasteiger partial charge in [0.15, 0.2) is 0 Å². The van der Waals surface area contributed by atoms with Crippen LogP contribution in [0.2, 0.25) is 0 Å². The summed E-state index contributed by atoms with van der Waals surface area (Å²) in [5.41, 5.74) is 1.33. The molecule has 6 aromatic rings. The maximum atomic E-state index is 13.9. The number of fused-ring (bicyclic) bond motifs is 3. The standard InChI is InChI=1S/C37H47BF2N4O6.C29H36BN3O6.C27H33BF2N4O6.C8H13F2NO/c1-34(2,44-14-12-37(39,40)22-44)18-24(19-41)32(45)43-13-8-9-26(20-43)48-33(46)42-31(15-23-21-47-28-11-7-6-10-27(23)28)38-49-30-17-25-16-29(35(25,3)4)36(30,5)50-38;1-28(2)19-13-23(28)29(3)24(14-19)38-30(39-29)25(12-18-17-36-22-10-6-5-9-21(18)22)32-27(35)37-20-8-7-11-33(16-20)26(34)15-31-4;1-26(2,34-11-9-27(29,30)17-34)13-19(14-31)24(35)33-10-5-6-20(15-33)40-25(36)32-23(28(37)38)12-18-16-39-22-8-4-3-7-21(18)22;1-7(2,6-12)11-4-3-8(9,10)5-11/h6-7,10-11,18,21,25-26,29-31H,8-9,12-17,20,22H2,1-5H3,(H,42,46);5-6,9-10,17,19-20,23-25H,7-8,11-16H2,1-3H3,(H,32,35);3-4,7-8,13,16,20,23,37-38H,5-6,9-12,15,17H2,1-2H3,(H,32,36);6H,3-5H2,1-2H3/t25-,26-,29-,30+,31-,36-;19-,20-,23-,24+,25-,29-;20-,23-;/m000./s1. The van der Waals surface area contributed by atoms with Crippen molar-refractivity contribution >= 4 is 96.6 Å². The van der Waals surface area contributed by atoms with E-state index in [2.05, 4.69) is 62.3 Å². The number of carbonyl (C=O) groups excluding carboxylic acids is 7. The maximum Gasteiger partial charge on any atom is 0.482 e. The Kier molecular flexibility index (Phi) is 31.0. The minimum Gasteiger partial charge on any atom is -0.464 e. The van der Waals surface area contributed by atoms with Crippen molar-refractivity contribution in [1.82, 2.24) is 45.3 Å². The van der Waals surface area contributed by atoms with Crippen LogP contribution in [0.5, 0.6) is 0 Å². The molecule has 6 saturated carbocycles. The first-order valence-corrected chi connectivity index (χ1v) is 49.1. The van der Waals surface area contributed by atoms with Crippen LogP contribution in [0.4, 0.5) is 40.7 Å². The number of amides is 6. The van der Waals surface area contributed by atoms with Gasteiger partial charge in [0, 0.05) is 85.8 Å². The largest absolute Gasteiger partial charge is 0.482 e. The molecule has 0 spiro atoms. The van der Waals surface area contributed by atoms with Gasteiger partial charge in [-0.3, -0.25) is 29.1 Å². The SMILES string of the molecule is CC(C)(C=C(C#N)C(=O)N1CCC[C@H](OC(=O)N[C@@H](Cc2coc3ccccc23)B(O)O)C1)N1CCC(F)(F)C1.CC(C)(C=O)N1CCC(F)(F)C1.CC1(C)[C@@H]2C[C@H]3OB([C@H](Cc4coc5ccccc45)NC(=O)O[C@H]4CCCN(C(=O)C(C#N)=CC(C)(C)N5CCC(F)(F)C5)C4)O[C@@]3(C)[C@H]1C2.[C-]#[N+]CC(=O)N1CCC[C@H](OC(=O)N[C@@H](Cc2coc3ccccc23)B2O[C@@H]3C[C@@H]4C[C@@H](C4(C)C)[C@]3(C)O2)C1. The predicted molar refractivity (Wildman–Crippen MR) is 510 cm³/mol. The quantitative estimate of drug-likeness (QED) is 0.00714. The third kappa shape index (κ3) is 23.3. The van der Waals surface area contributed by atoms with Crippen LogP contribution in [0.15, 0.2) is 128 Å². The average molecular weight is 1960 g/mol. The lowest BCUT2D eigenvalue weighted by Crippen LogP contribution is -2.65. The number of carbonyl (C=O) groups is 7. The van der Waals surface area contributed by atoms with E-state index in [1.165, 1.54) is 33.1 Å². The molecule has 11 heterocycles. The fraction of sp³-hybridized carbons (Fsp3) is 0.624. The Morgan fingerprint density at radius 2 is 0.872 bits per heavy atom. The zero-order valence-electron chi connectivity index (χ0n) is 82.2. The normalized spacial score (nSPS) is 27.7. The number of alkyl halides is 6. The molecule has 3 aromatic heterocycles. The second kappa shape index (κ2) is 41.7. The Morgan fingerprint density at radius 3 is 1.21 bits per heavy atom. The van der Waals surface area contributed by atoms with Crippen LogP contribution in [0.3, 0.4) is 0 Å². The Morgan fingerprint density at radius 1 is 0.525 bits per heavy atom. The highest BCUT2D eigenvalue weighted by Crippen LogP contribution is 2.67. The van der Waals surface area contributed by atoms with Crippen molar-refractivity contribution in [3.05, 3.63) is 143 Å². The summed E-state index contributed by atoms with van der Waals surface area (Å²) in [6, 6.07) is 26.7. The summed E-state index contributed by atoms with van der Waals surface area (Å²) in [6.45, 7) is 31.7. The summed E-state index contributed by atoms with van der Waals surface area (Å²) in [5.74, 6) is -9.72. The zero-order chi connectivity index (χ0) is 101. The third-order valence-corrected chi connectivity index (χ3v) is 31.9. The molecular formula is C101H129B3F6N12O19. The minimum absolute atomic E-state index is 0.0129. The number of nitriles is 2. The minimum atomic E-state index is -2.81. The van der Waals surface area contributed by atoms with Gasteiger partial charge in [0.1, 0.15) is 64.6 Å². The molecule has 14 aliphatic rings. The molecule has 6 aliphatic carbocycles. The van der Waals surface area contributed by atoms with Gasteiger partial charge in [-0.2, -0.15) is 10.5 Å². The second-order valence-electron chi connectivity index (χ2n) is 43.4. The van der Waals surface area contributed by atoms with Crippen LogP contribution in [0, 0.1) is 63.7 Å². The summed E-state index contributed by atoms with van der Waals surface area (Å²) in [7, 11) is -3.19. The number of benzene rings is 3. The third-order valence-electron chi connectivity index (χ3n) is 31.9. The van der Waals surface area contributed by atoms with Gasteiger partial charge in [-0.05, 0) is 220 Å². The number of halogens is 6. The van der Waals surface area contributed by atoms with E-state index in [0.717, 1.165) is 70.6 Å². The van der Waals surface area contributed by atoms with E-state index in [1.54, 1.807) is 74.8 Å². The van der Waals surface area contributed by atoms with Gasteiger partial charge in [-0.15, -0.1) is 0 Å². The number of hydrogen-bond donors (Lipinski definition) is 5. The number of piperidine rings is 3. The Hall–Kier alpha value is -10.5. The number of likely N-dealkylation sites (tertiary alicyclic amines) is 6. The first-order chi connectivity index (χ1) is 66.5. The Bertz CT molecular complexity index is 5780. The van der Waals surface area contributed by atoms with Crippen molar-refractivity contribution in [1.29, 1.82) is 10.5 Å². The van der Waals surface area contributed by atoms with E-state index in [4.69, 9.17) is 52.7 Å². The van der Waals surface area contributed by atoms with E-state index in [1.807, 2.05) is 78.9 Å². The fourth-order valence-electron chi connectivity index (χ4n) is 23.2. The van der Waals surface area contributed by atoms with Gasteiger partial charge in [0.25, 0.3) is 36.1 Å². The number of hydrogen-bond acceptors (Lipinski definition) is 24. The highest BCUT2D eigenvalue weighted by molar-refractivity contribution is 6.48. The molecule has 4 bridgehead atoms. The lowest BCUT2D eigenvalue weighted by atomic mass is 9.43. The number of nitrogens with zero attached hydrogens (tertiary/aromatic N) is 9. The van der Waals surface area contributed by atoms with E-state index < -0.39 is 146 Å². The molecule has 758 valence electrons. The molecule has 8 saturated heterocycles. The van der Waals surface area contributed by atoms with Gasteiger partial charge >= 0.3 is 45.5 Å². The smallest absolute Gasteiger partial charge is 0.464 e. The number of nitrogens with one attached hydrogen (secondary N) is 3. The second-order valence-corrected chi connectivity index (χ2v) is 43.4. The first kappa shape index (κ1) is 105. The van der Waals surface area contributed by atoms with Crippen LogP contribution in [-0.4, -0.2) is 282 Å². The highest BCUT2D eigenvalue weighted by atomic mass is 19.3. The van der Waals surface area contributed by atoms with Gasteiger partial charge in [-0.25, -0.2) is 47.3 Å². The first-order valence-electron chi connectivity index (χ1n) is 49.1. The zero-order valence-corrected chi connectivity index (χ0v) is 82.2. The molecule has 141 heavy (non-hydrogen) atoms. The number of para-hydroxylation sites is 3. The molecule has 40 heteroatoms. The average Bonchev–Trinajstić information content (AvgIpc) is 1.63. The van der Waals surface area contributed by atoms with Crippen molar-refractivity contribution in [3.63, 3.8) is 0 Å². The molecule has 8 aliphatic heterocycles. The lowest BCUT2D eigenvalue weighted by molar-refractivity contribution is -0.199. The molecule has 0 radical (unpaired) electrons. The summed E-state index contributed by atoms with van der Waals surface area (Å²) in [6.07, 6.45) is 12.5. The van der Waals surface area contributed by atoms with Gasteiger partial charge < -0.3 is 96.4 Å². The van der Waals surface area contributed by atoms with Gasteiger partial charge in [0.2, 0.25) is 0 Å². The fourth-order valence-corrected chi connectivity index (χ4v) is 23.2. The molecular weight excluding hydrogens is 1830 g/mol. The monoisotopic (exact) mass is 1960 g/mol. The van der Waals surface area contributed by atoms with Crippen molar-refractivity contribution in [2.45, 2.75) is 280 Å². The van der Waals surface area contributed by atoms with Crippen molar-refractivity contribution in [2.75, 3.05) is 85.1 Å². The van der Waals surface area contributed by atoms with Crippen molar-refractivity contribution in [2.24, 2.45) is 34.5 Å². The molecule has 3 aromatic carbocycles. The van der Waals surface area contributed by atoms with E-state index in [9.17, 15) is 80.5 Å². The van der Waals surface area contributed by atoms with Crippen LogP contribution in [0.25, 0.3) is 37.8 Å². The van der Waals surface area contributed by atoms with Crippen molar-refractivity contribution < 1.29 is 116 Å². The molecule has 14 fully saturated rings. The van der Waals surface area contributed by atoms with Crippen LogP contribution < -0.4 is 16.0 Å². The summed E-state index contributed by atoms with van der Waals surface area (Å²) < 4.78 is 142. The van der Waals surface area contributed by atoms with Crippen LogP contribution in [-0.2, 0) is 71.3 Å². The number of ether oxygens (including phenoxy) is 3. The van der Waals surface area contributed by atoms with E-state index >= 15 is 0 Å². The van der Waals surface area contributed by atoms with Crippen LogP contribution in [0.1, 0.15) is 183 Å². The topological polar surface area (TPSA) is 371 Å². The maximum absolute atomic E-state index is 13.9. The molecule has 31 nitrogen and oxygen atoms in total. The number of furan rings is 3. The Balaban J connectivity index is 0.000000152. The van der Waals surface area contributed by atoms with Gasteiger partial charge in [0.05, 0.1) is 105 Å². The van der Waals surface area contributed by atoms with Crippen LogP contribution >= 0.6 is 0 Å². The van der Waals surface area contributed by atoms with Crippen molar-refractivity contribution in [3.8, 4) is 12.1 Å². The van der Waals surface area contributed by atoms with E-state index in [0.29, 0.717) is 119 Å². The molecule has 5 N–H and O–H groups in total. The Labute approximate surface area is 818 Å². The molecule has 20 rings (SSSR count). The van der Waals surface area contributed by atoms with Gasteiger partial charge in [-0.1, -0.05) is 82.3 Å². The molecule has 0 unspecified atom stereocenters. The molecule has 6 amide bonds. The number of aldehydes is 1.